The zero-order valence-electron chi connectivity index (χ0n) is 14.5. The van der Waals surface area contributed by atoms with Crippen LogP contribution in [0.5, 0.6) is 0 Å². The van der Waals surface area contributed by atoms with Gasteiger partial charge in [-0.1, -0.05) is 0 Å². The molecule has 1 N–H and O–H groups in total. The number of aromatic nitrogens is 4. The summed E-state index contributed by atoms with van der Waals surface area (Å²) >= 11 is 0. The third-order valence-electron chi connectivity index (χ3n) is 4.41. The third-order valence-corrected chi connectivity index (χ3v) is 4.41. The average Bonchev–Trinajstić information content (AvgIpc) is 3.09. The Morgan fingerprint density at radius 3 is 2.58 bits per heavy atom. The van der Waals surface area contributed by atoms with Gasteiger partial charge in [-0.05, 0) is 6.07 Å². The molecule has 0 bridgehead atoms. The van der Waals surface area contributed by atoms with Crippen LogP contribution in [0.1, 0.15) is 23.7 Å². The van der Waals surface area contributed by atoms with Gasteiger partial charge < -0.3 is 15.1 Å². The van der Waals surface area contributed by atoms with Gasteiger partial charge in [0.05, 0.1) is 11.7 Å². The van der Waals surface area contributed by atoms with E-state index in [1.54, 1.807) is 11.1 Å². The topological polar surface area (TPSA) is 79.2 Å². The van der Waals surface area contributed by atoms with E-state index >= 15 is 0 Å². The molecule has 0 spiro atoms. The number of hydrogen-bond acceptors (Lipinski definition) is 6. The van der Waals surface area contributed by atoms with Crippen LogP contribution in [0.4, 0.5) is 5.95 Å². The Balaban J connectivity index is 1.71. The molecule has 1 amide bonds. The van der Waals surface area contributed by atoms with E-state index in [0.717, 1.165) is 11.3 Å². The van der Waals surface area contributed by atoms with Crippen molar-refractivity contribution in [3.63, 3.8) is 0 Å². The lowest BCUT2D eigenvalue weighted by atomic mass is 10.1. The Morgan fingerprint density at radius 2 is 2.00 bits per heavy atom. The normalized spacial score (nSPS) is 20.7. The van der Waals surface area contributed by atoms with Crippen LogP contribution in [0.3, 0.4) is 0 Å². The molecular formula is C16H23N7O. The largest absolute Gasteiger partial charge is 0.347 e. The van der Waals surface area contributed by atoms with E-state index in [4.69, 9.17) is 0 Å². The van der Waals surface area contributed by atoms with E-state index in [2.05, 4.69) is 20.4 Å². The monoisotopic (exact) mass is 329 g/mol. The van der Waals surface area contributed by atoms with Gasteiger partial charge in [0.15, 0.2) is 0 Å². The molecule has 1 saturated heterocycles. The molecule has 2 atom stereocenters. The van der Waals surface area contributed by atoms with Crippen molar-refractivity contribution in [3.05, 3.63) is 35.9 Å². The first kappa shape index (κ1) is 16.4. The van der Waals surface area contributed by atoms with E-state index in [9.17, 15) is 4.79 Å². The first-order valence-corrected chi connectivity index (χ1v) is 7.92. The minimum atomic E-state index is -0.0213. The molecule has 0 unspecified atom stereocenters. The van der Waals surface area contributed by atoms with Gasteiger partial charge in [-0.3, -0.25) is 9.48 Å². The van der Waals surface area contributed by atoms with Crippen LogP contribution in [0.2, 0.25) is 0 Å². The Labute approximate surface area is 141 Å². The molecule has 1 fully saturated rings. The number of likely N-dealkylation sites (N-methyl/N-ethyl adjacent to an activating group) is 1. The third kappa shape index (κ3) is 3.09. The number of hydrogen-bond donors (Lipinski definition) is 1. The fourth-order valence-electron chi connectivity index (χ4n) is 3.05. The summed E-state index contributed by atoms with van der Waals surface area (Å²) in [6.07, 6.45) is 5.86. The summed E-state index contributed by atoms with van der Waals surface area (Å²) in [5, 5.41) is 7.70. The van der Waals surface area contributed by atoms with Crippen LogP contribution in [-0.2, 0) is 18.4 Å². The molecule has 128 valence electrons. The smallest absolute Gasteiger partial charge is 0.224 e. The number of nitrogens with one attached hydrogen (secondary N) is 1. The molecule has 3 rings (SSSR count). The van der Waals surface area contributed by atoms with Crippen molar-refractivity contribution in [2.45, 2.75) is 25.0 Å². The van der Waals surface area contributed by atoms with Crippen molar-refractivity contribution >= 4 is 11.9 Å². The standard InChI is InChI=1S/C16H23N7O/c1-21(2)16-18-9-11(10-19-16)8-17-12-7-14(24)22(3)15(12)13-5-6-20-23(13)4/h5-6,9-10,12,15,17H,7-8H2,1-4H3/t12-,15-/m1/s1. The predicted octanol–water partition coefficient (Wildman–Crippen LogP) is 0.338. The number of amides is 1. The van der Waals surface area contributed by atoms with Gasteiger partial charge in [-0.25, -0.2) is 9.97 Å². The first-order valence-electron chi connectivity index (χ1n) is 7.92. The molecule has 1 aliphatic rings. The van der Waals surface area contributed by atoms with E-state index in [1.807, 2.05) is 56.2 Å². The van der Waals surface area contributed by atoms with Crippen LogP contribution in [0.25, 0.3) is 0 Å². The van der Waals surface area contributed by atoms with Crippen LogP contribution < -0.4 is 10.2 Å². The molecule has 2 aromatic rings. The highest BCUT2D eigenvalue weighted by atomic mass is 16.2. The maximum atomic E-state index is 12.2. The van der Waals surface area contributed by atoms with Gasteiger partial charge in [-0.2, -0.15) is 5.10 Å². The highest BCUT2D eigenvalue weighted by Crippen LogP contribution is 2.31. The molecule has 3 heterocycles. The van der Waals surface area contributed by atoms with E-state index in [-0.39, 0.29) is 18.0 Å². The lowest BCUT2D eigenvalue weighted by Gasteiger charge is -2.25. The molecule has 24 heavy (non-hydrogen) atoms. The molecule has 2 aromatic heterocycles. The molecule has 8 nitrogen and oxygen atoms in total. The van der Waals surface area contributed by atoms with Crippen LogP contribution >= 0.6 is 0 Å². The second kappa shape index (κ2) is 6.56. The zero-order valence-corrected chi connectivity index (χ0v) is 14.5. The second-order valence-electron chi connectivity index (χ2n) is 6.31. The maximum absolute atomic E-state index is 12.2. The molecular weight excluding hydrogens is 306 g/mol. The Hall–Kier alpha value is -2.48. The Morgan fingerprint density at radius 1 is 1.29 bits per heavy atom. The quantitative estimate of drug-likeness (QED) is 0.852. The van der Waals surface area contributed by atoms with Crippen molar-refractivity contribution in [1.29, 1.82) is 0 Å². The van der Waals surface area contributed by atoms with Gasteiger partial charge in [0, 0.05) is 71.4 Å². The molecule has 1 aliphatic heterocycles. The highest BCUT2D eigenvalue weighted by molar-refractivity contribution is 5.80. The summed E-state index contributed by atoms with van der Waals surface area (Å²) in [4.78, 5) is 24.5. The maximum Gasteiger partial charge on any atom is 0.224 e. The first-order chi connectivity index (χ1) is 11.5. The minimum Gasteiger partial charge on any atom is -0.347 e. The van der Waals surface area contributed by atoms with Crippen molar-refractivity contribution < 1.29 is 4.79 Å². The fourth-order valence-corrected chi connectivity index (χ4v) is 3.05. The van der Waals surface area contributed by atoms with E-state index < -0.39 is 0 Å². The van der Waals surface area contributed by atoms with Gasteiger partial charge >= 0.3 is 0 Å². The highest BCUT2D eigenvalue weighted by Gasteiger charge is 2.39. The van der Waals surface area contributed by atoms with Crippen molar-refractivity contribution in [3.8, 4) is 0 Å². The van der Waals surface area contributed by atoms with Crippen LogP contribution in [0.15, 0.2) is 24.7 Å². The molecule has 0 aromatic carbocycles. The summed E-state index contributed by atoms with van der Waals surface area (Å²) in [5.41, 5.74) is 2.02. The van der Waals surface area contributed by atoms with Crippen molar-refractivity contribution in [2.24, 2.45) is 7.05 Å². The number of rotatable bonds is 5. The van der Waals surface area contributed by atoms with Gasteiger partial charge in [0.25, 0.3) is 0 Å². The number of carbonyl (C=O) groups is 1. The molecule has 0 radical (unpaired) electrons. The van der Waals surface area contributed by atoms with Crippen LogP contribution in [-0.4, -0.2) is 57.7 Å². The van der Waals surface area contributed by atoms with E-state index in [0.29, 0.717) is 18.9 Å². The number of likely N-dealkylation sites (tertiary alicyclic amines) is 1. The van der Waals surface area contributed by atoms with E-state index in [1.165, 1.54) is 0 Å². The SMILES string of the molecule is CN(C)c1ncc(CN[C@@H]2CC(=O)N(C)[C@H]2c2ccnn2C)cn1. The minimum absolute atomic E-state index is 0.0213. The number of aryl methyl sites for hydroxylation is 1. The van der Waals surface area contributed by atoms with Crippen LogP contribution in [0, 0.1) is 0 Å². The number of carbonyl (C=O) groups excluding carboxylic acids is 1. The second-order valence-corrected chi connectivity index (χ2v) is 6.31. The Kier molecular flexibility index (Phi) is 4.48. The lowest BCUT2D eigenvalue weighted by Crippen LogP contribution is -2.36. The average molecular weight is 329 g/mol. The van der Waals surface area contributed by atoms with Crippen molar-refractivity contribution in [2.75, 3.05) is 26.0 Å². The summed E-state index contributed by atoms with van der Waals surface area (Å²) < 4.78 is 1.82. The van der Waals surface area contributed by atoms with Gasteiger partial charge in [0.1, 0.15) is 0 Å². The summed E-state index contributed by atoms with van der Waals surface area (Å²) in [7, 11) is 7.56. The lowest BCUT2D eigenvalue weighted by molar-refractivity contribution is -0.127. The molecule has 0 saturated carbocycles. The summed E-state index contributed by atoms with van der Waals surface area (Å²) in [6.45, 7) is 0.619. The zero-order chi connectivity index (χ0) is 17.3. The summed E-state index contributed by atoms with van der Waals surface area (Å²) in [6, 6.07) is 1.97. The molecule has 0 aliphatic carbocycles. The number of nitrogens with zero attached hydrogens (tertiary/aromatic N) is 6. The molecule has 8 heteroatoms. The number of anilines is 1. The predicted molar refractivity (Wildman–Crippen MR) is 90.3 cm³/mol. The fraction of sp³-hybridized carbons (Fsp3) is 0.500. The van der Waals surface area contributed by atoms with Gasteiger partial charge in [-0.15, -0.1) is 0 Å². The van der Waals surface area contributed by atoms with Crippen molar-refractivity contribution in [1.82, 2.24) is 30.0 Å². The van der Waals surface area contributed by atoms with Gasteiger partial charge in [0.2, 0.25) is 11.9 Å². The summed E-state index contributed by atoms with van der Waals surface area (Å²) in [5.74, 6) is 0.820. The Bertz CT molecular complexity index is 709.